The van der Waals surface area contributed by atoms with Gasteiger partial charge < -0.3 is 10.0 Å². The fourth-order valence-electron chi connectivity index (χ4n) is 1.38. The van der Waals surface area contributed by atoms with E-state index in [2.05, 4.69) is 0 Å². The van der Waals surface area contributed by atoms with Crippen molar-refractivity contribution >= 4 is 21.4 Å². The zero-order chi connectivity index (χ0) is 14.1. The van der Waals surface area contributed by atoms with Crippen LogP contribution in [0.1, 0.15) is 13.8 Å². The molecule has 0 saturated heterocycles. The van der Waals surface area contributed by atoms with Crippen LogP contribution in [0.5, 0.6) is 5.75 Å². The maximum absolute atomic E-state index is 12.2. The highest BCUT2D eigenvalue weighted by Crippen LogP contribution is 2.24. The van der Waals surface area contributed by atoms with Crippen molar-refractivity contribution in [1.29, 1.82) is 0 Å². The van der Waals surface area contributed by atoms with E-state index in [1.807, 2.05) is 0 Å². The lowest BCUT2D eigenvalue weighted by atomic mass is 10.1. The van der Waals surface area contributed by atoms with Gasteiger partial charge in [0.1, 0.15) is 10.5 Å². The number of carbonyl (C=O) groups is 1. The van der Waals surface area contributed by atoms with Crippen molar-refractivity contribution in [2.24, 2.45) is 0 Å². The Labute approximate surface area is 107 Å². The Balaban J connectivity index is 3.13. The van der Waals surface area contributed by atoms with E-state index >= 15 is 0 Å². The van der Waals surface area contributed by atoms with Gasteiger partial charge in [0.05, 0.1) is 0 Å². The first-order valence-corrected chi connectivity index (χ1v) is 7.23. The van der Waals surface area contributed by atoms with Gasteiger partial charge in [0, 0.05) is 25.1 Å². The summed E-state index contributed by atoms with van der Waals surface area (Å²) in [5, 5.41) is 9.35. The zero-order valence-corrected chi connectivity index (χ0v) is 11.7. The number of benzene rings is 1. The average Bonchev–Trinajstić information content (AvgIpc) is 2.25. The Bertz CT molecular complexity index is 563. The van der Waals surface area contributed by atoms with Crippen LogP contribution in [0.15, 0.2) is 24.3 Å². The van der Waals surface area contributed by atoms with Crippen LogP contribution < -0.4 is 4.90 Å². The third kappa shape index (κ3) is 2.64. The van der Waals surface area contributed by atoms with Crippen molar-refractivity contribution in [3.63, 3.8) is 0 Å². The number of carbonyl (C=O) groups excluding carboxylic acids is 1. The van der Waals surface area contributed by atoms with E-state index in [0.717, 1.165) is 6.26 Å². The summed E-state index contributed by atoms with van der Waals surface area (Å²) in [6, 6.07) is 6.08. The normalized spacial score (nSPS) is 12.2. The van der Waals surface area contributed by atoms with Crippen LogP contribution in [0, 0.1) is 0 Å². The molecule has 0 bridgehead atoms. The lowest BCUT2D eigenvalue weighted by molar-refractivity contribution is -0.120. The molecule has 0 atom stereocenters. The van der Waals surface area contributed by atoms with Crippen molar-refractivity contribution in [2.45, 2.75) is 18.6 Å². The number of phenols is 1. The second kappa shape index (κ2) is 4.61. The maximum Gasteiger partial charge on any atom is 0.247 e. The SMILES string of the molecule is CN(C(=O)C(C)(C)S(C)(=O)=O)c1cccc(O)c1. The number of phenolic OH excluding ortho intramolecular Hbond substituents is 1. The molecule has 0 aliphatic heterocycles. The Hall–Kier alpha value is -1.56. The Morgan fingerprint density at radius 1 is 1.33 bits per heavy atom. The van der Waals surface area contributed by atoms with Crippen molar-refractivity contribution in [2.75, 3.05) is 18.2 Å². The lowest BCUT2D eigenvalue weighted by Crippen LogP contribution is -2.48. The smallest absolute Gasteiger partial charge is 0.247 e. The molecular weight excluding hydrogens is 254 g/mol. The predicted octanol–water partition coefficient (Wildman–Crippen LogP) is 1.18. The minimum Gasteiger partial charge on any atom is -0.508 e. The Morgan fingerprint density at radius 2 is 1.89 bits per heavy atom. The quantitative estimate of drug-likeness (QED) is 0.895. The number of hydrogen-bond acceptors (Lipinski definition) is 4. The van der Waals surface area contributed by atoms with Crippen LogP contribution in [0.2, 0.25) is 0 Å². The summed E-state index contributed by atoms with van der Waals surface area (Å²) in [7, 11) is -2.04. The molecule has 0 saturated carbocycles. The van der Waals surface area contributed by atoms with Gasteiger partial charge in [-0.25, -0.2) is 8.42 Å². The molecule has 0 radical (unpaired) electrons. The molecule has 0 aromatic heterocycles. The van der Waals surface area contributed by atoms with Gasteiger partial charge in [-0.2, -0.15) is 0 Å². The summed E-state index contributed by atoms with van der Waals surface area (Å²) in [5.41, 5.74) is 0.441. The molecule has 1 amide bonds. The number of rotatable bonds is 3. The first-order valence-electron chi connectivity index (χ1n) is 5.34. The number of anilines is 1. The first kappa shape index (κ1) is 14.5. The second-order valence-electron chi connectivity index (χ2n) is 4.67. The Morgan fingerprint density at radius 3 is 2.33 bits per heavy atom. The molecule has 1 aromatic rings. The minimum absolute atomic E-state index is 0.0179. The average molecular weight is 271 g/mol. The van der Waals surface area contributed by atoms with Gasteiger partial charge in [0.15, 0.2) is 9.84 Å². The van der Waals surface area contributed by atoms with Gasteiger partial charge in [-0.1, -0.05) is 6.07 Å². The number of sulfone groups is 1. The molecule has 0 heterocycles. The molecule has 0 aliphatic carbocycles. The summed E-state index contributed by atoms with van der Waals surface area (Å²) >= 11 is 0. The van der Waals surface area contributed by atoms with Gasteiger partial charge in [-0.05, 0) is 26.0 Å². The molecule has 0 unspecified atom stereocenters. The van der Waals surface area contributed by atoms with Gasteiger partial charge in [-0.15, -0.1) is 0 Å². The van der Waals surface area contributed by atoms with E-state index in [1.165, 1.54) is 37.9 Å². The summed E-state index contributed by atoms with van der Waals surface area (Å²) in [6.07, 6.45) is 1.03. The molecule has 6 heteroatoms. The highest BCUT2D eigenvalue weighted by Gasteiger charge is 2.40. The number of hydrogen-bond donors (Lipinski definition) is 1. The minimum atomic E-state index is -3.52. The summed E-state index contributed by atoms with van der Waals surface area (Å²) < 4.78 is 21.7. The number of aromatic hydroxyl groups is 1. The van der Waals surface area contributed by atoms with E-state index < -0.39 is 20.5 Å². The lowest BCUT2D eigenvalue weighted by Gasteiger charge is -2.27. The van der Waals surface area contributed by atoms with Gasteiger partial charge >= 0.3 is 0 Å². The zero-order valence-electron chi connectivity index (χ0n) is 10.8. The van der Waals surface area contributed by atoms with Crippen molar-refractivity contribution in [1.82, 2.24) is 0 Å². The topological polar surface area (TPSA) is 74.7 Å². The fraction of sp³-hybridized carbons (Fsp3) is 0.417. The molecule has 0 aliphatic rings. The molecule has 100 valence electrons. The second-order valence-corrected chi connectivity index (χ2v) is 7.23. The van der Waals surface area contributed by atoms with Crippen molar-refractivity contribution in [3.05, 3.63) is 24.3 Å². The molecule has 18 heavy (non-hydrogen) atoms. The molecule has 5 nitrogen and oxygen atoms in total. The van der Waals surface area contributed by atoms with Gasteiger partial charge in [0.25, 0.3) is 0 Å². The summed E-state index contributed by atoms with van der Waals surface area (Å²) in [6.45, 7) is 2.73. The van der Waals surface area contributed by atoms with E-state index in [0.29, 0.717) is 5.69 Å². The molecule has 0 fully saturated rings. The van der Waals surface area contributed by atoms with Gasteiger partial charge in [-0.3, -0.25) is 4.79 Å². The fourth-order valence-corrected chi connectivity index (χ4v) is 1.84. The van der Waals surface area contributed by atoms with Crippen LogP contribution >= 0.6 is 0 Å². The third-order valence-corrected chi connectivity index (χ3v) is 4.99. The van der Waals surface area contributed by atoms with Crippen LogP contribution in [0.25, 0.3) is 0 Å². The van der Waals surface area contributed by atoms with Crippen LogP contribution in [-0.2, 0) is 14.6 Å². The molecule has 0 spiro atoms. The molecular formula is C12H17NO4S. The first-order chi connectivity index (χ1) is 8.07. The van der Waals surface area contributed by atoms with E-state index in [9.17, 15) is 18.3 Å². The third-order valence-electron chi connectivity index (χ3n) is 2.96. The van der Waals surface area contributed by atoms with Gasteiger partial charge in [0.2, 0.25) is 5.91 Å². The summed E-state index contributed by atoms with van der Waals surface area (Å²) in [5.74, 6) is -0.528. The Kier molecular flexibility index (Phi) is 3.71. The van der Waals surface area contributed by atoms with Crippen LogP contribution in [-0.4, -0.2) is 37.5 Å². The highest BCUT2D eigenvalue weighted by atomic mass is 32.2. The molecule has 1 rings (SSSR count). The van der Waals surface area contributed by atoms with Crippen LogP contribution in [0.4, 0.5) is 5.69 Å². The molecule has 1 N–H and O–H groups in total. The standard InChI is InChI=1S/C12H17NO4S/c1-12(2,18(4,16)17)11(15)13(3)9-6-5-7-10(14)8-9/h5-8,14H,1-4H3. The molecule has 1 aromatic carbocycles. The summed E-state index contributed by atoms with van der Waals surface area (Å²) in [4.78, 5) is 13.4. The van der Waals surface area contributed by atoms with Crippen LogP contribution in [0.3, 0.4) is 0 Å². The number of nitrogens with zero attached hydrogens (tertiary/aromatic N) is 1. The van der Waals surface area contributed by atoms with E-state index in [-0.39, 0.29) is 5.75 Å². The van der Waals surface area contributed by atoms with E-state index in [1.54, 1.807) is 12.1 Å². The van der Waals surface area contributed by atoms with Crippen molar-refractivity contribution in [3.8, 4) is 5.75 Å². The predicted molar refractivity (Wildman–Crippen MR) is 70.4 cm³/mol. The van der Waals surface area contributed by atoms with Crippen molar-refractivity contribution < 1.29 is 18.3 Å². The van der Waals surface area contributed by atoms with E-state index in [4.69, 9.17) is 0 Å². The monoisotopic (exact) mass is 271 g/mol. The maximum atomic E-state index is 12.2. The number of amides is 1. The highest BCUT2D eigenvalue weighted by molar-refractivity contribution is 7.92. The largest absolute Gasteiger partial charge is 0.508 e.